The molecular weight excluding hydrogens is 697 g/mol. The summed E-state index contributed by atoms with van der Waals surface area (Å²) in [5.74, 6) is 0.162. The summed E-state index contributed by atoms with van der Waals surface area (Å²) in [6.07, 6.45) is -0.800. The Morgan fingerprint density at radius 2 is 0.898 bits per heavy atom. The first-order valence-electron chi connectivity index (χ1n) is 15.6. The number of carbonyl (C=O) groups excluding carboxylic acids is 2. The summed E-state index contributed by atoms with van der Waals surface area (Å²) in [7, 11) is -2.29. The van der Waals surface area contributed by atoms with Gasteiger partial charge in [-0.1, -0.05) is 115 Å². The van der Waals surface area contributed by atoms with E-state index in [4.69, 9.17) is 14.5 Å². The van der Waals surface area contributed by atoms with Gasteiger partial charge in [-0.2, -0.15) is 0 Å². The van der Waals surface area contributed by atoms with Gasteiger partial charge in [0.25, 0.3) is 0 Å². The highest BCUT2D eigenvalue weighted by Crippen LogP contribution is 2.58. The average Bonchev–Trinajstić information content (AvgIpc) is 3.15. The summed E-state index contributed by atoms with van der Waals surface area (Å²) in [6, 6.07) is 53.9. The van der Waals surface area contributed by atoms with Gasteiger partial charge in [-0.25, -0.2) is 14.6 Å². The van der Waals surface area contributed by atoms with Crippen molar-refractivity contribution in [2.24, 2.45) is 0 Å². The van der Waals surface area contributed by atoms with Gasteiger partial charge in [0.2, 0.25) is 0 Å². The summed E-state index contributed by atoms with van der Waals surface area (Å²) < 4.78 is 11.0. The fourth-order valence-corrected chi connectivity index (χ4v) is 9.67. The number of halogens is 1. The van der Waals surface area contributed by atoms with Gasteiger partial charge >= 0.3 is 12.2 Å². The van der Waals surface area contributed by atoms with Crippen LogP contribution in [0, 0.1) is 0 Å². The number of hydrogen-bond donors (Lipinski definition) is 2. The lowest BCUT2D eigenvalue weighted by Gasteiger charge is -2.27. The number of hydrogen-bond acceptors (Lipinski definition) is 5. The van der Waals surface area contributed by atoms with E-state index in [1.807, 2.05) is 84.9 Å². The lowest BCUT2D eigenvalue weighted by molar-refractivity contribution is -0.0000198. The molecule has 6 rings (SSSR count). The first-order valence-corrected chi connectivity index (χ1v) is 17.6. The lowest BCUT2D eigenvalue weighted by atomic mass is 10.2. The average molecular weight is 733 g/mol. The van der Waals surface area contributed by atoms with Crippen molar-refractivity contribution in [3.63, 3.8) is 0 Å². The highest BCUT2D eigenvalue weighted by atomic mass is 79.9. The van der Waals surface area contributed by atoms with Crippen LogP contribution in [0.15, 0.2) is 164 Å². The van der Waals surface area contributed by atoms with Gasteiger partial charge < -0.3 is 26.5 Å². The van der Waals surface area contributed by atoms with Gasteiger partial charge in [-0.15, -0.1) is 0 Å². The maximum absolute atomic E-state index is 13.1. The number of ether oxygens (including phenoxy) is 2. The number of benzene rings is 5. The van der Waals surface area contributed by atoms with E-state index in [9.17, 15) is 9.59 Å². The van der Waals surface area contributed by atoms with Gasteiger partial charge in [0, 0.05) is 0 Å². The van der Waals surface area contributed by atoms with Gasteiger partial charge in [0.15, 0.2) is 5.82 Å². The molecule has 0 aliphatic carbocycles. The van der Waals surface area contributed by atoms with Crippen LogP contribution in [-0.2, 0) is 28.8 Å². The molecule has 0 bridgehead atoms. The number of carbonyl (C=O) groups is 2. The van der Waals surface area contributed by atoms with E-state index in [1.54, 1.807) is 6.07 Å². The van der Waals surface area contributed by atoms with E-state index in [0.717, 1.165) is 16.8 Å². The van der Waals surface area contributed by atoms with E-state index in [0.29, 0.717) is 6.16 Å². The molecule has 0 spiro atoms. The predicted molar refractivity (Wildman–Crippen MR) is 194 cm³/mol. The highest BCUT2D eigenvalue weighted by Gasteiger charge is 2.46. The highest BCUT2D eigenvalue weighted by molar-refractivity contribution is 7.95. The second-order valence-corrected chi connectivity index (χ2v) is 14.5. The molecule has 0 aliphatic heterocycles. The van der Waals surface area contributed by atoms with Crippen LogP contribution < -0.4 is 43.5 Å². The number of aromatic nitrogens is 1. The fraction of sp³-hybridized carbons (Fsp3) is 0.0750. The van der Waals surface area contributed by atoms with Crippen LogP contribution in [0.1, 0.15) is 16.8 Å². The Kier molecular flexibility index (Phi) is 12.3. The van der Waals surface area contributed by atoms with Crippen molar-refractivity contribution in [2.75, 3.05) is 10.6 Å². The largest absolute Gasteiger partial charge is 1.00 e. The van der Waals surface area contributed by atoms with Gasteiger partial charge in [0.1, 0.15) is 42.6 Å². The Labute approximate surface area is 297 Å². The zero-order chi connectivity index (χ0) is 33.0. The molecule has 7 nitrogen and oxygen atoms in total. The third-order valence-electron chi connectivity index (χ3n) is 7.83. The summed E-state index contributed by atoms with van der Waals surface area (Å²) in [5, 5.41) is 9.14. The summed E-state index contributed by atoms with van der Waals surface area (Å²) in [6.45, 7) is 0.178. The molecule has 49 heavy (non-hydrogen) atoms. The number of amides is 2. The van der Waals surface area contributed by atoms with Crippen molar-refractivity contribution in [3.8, 4) is 0 Å². The van der Waals surface area contributed by atoms with Crippen molar-refractivity contribution >= 4 is 46.9 Å². The molecule has 2 amide bonds. The first-order chi connectivity index (χ1) is 23.6. The molecule has 246 valence electrons. The fourth-order valence-electron chi connectivity index (χ4n) is 5.52. The minimum absolute atomic E-state index is 0. The van der Waals surface area contributed by atoms with Gasteiger partial charge in [-0.05, 0) is 59.7 Å². The lowest BCUT2D eigenvalue weighted by Crippen LogP contribution is -3.00. The van der Waals surface area contributed by atoms with Crippen molar-refractivity contribution in [1.29, 1.82) is 0 Å². The Hall–Kier alpha value is -5.30. The van der Waals surface area contributed by atoms with E-state index in [2.05, 4.69) is 83.4 Å². The van der Waals surface area contributed by atoms with Crippen LogP contribution in [0.25, 0.3) is 0 Å². The molecule has 0 fully saturated rings. The molecule has 1 heterocycles. The molecule has 0 radical (unpaired) electrons. The number of nitrogens with zero attached hydrogens (tertiary/aromatic N) is 1. The number of pyridine rings is 1. The van der Waals surface area contributed by atoms with Crippen LogP contribution in [0.4, 0.5) is 21.1 Å². The minimum atomic E-state index is -2.29. The summed E-state index contributed by atoms with van der Waals surface area (Å²) in [4.78, 5) is 30.9. The first kappa shape index (κ1) is 35.0. The molecule has 0 unspecified atom stereocenters. The molecule has 9 heteroatoms. The predicted octanol–water partition coefficient (Wildman–Crippen LogP) is 5.08. The quantitative estimate of drug-likeness (QED) is 0.182. The van der Waals surface area contributed by atoms with Crippen LogP contribution in [0.5, 0.6) is 0 Å². The second kappa shape index (κ2) is 17.2. The molecule has 0 aliphatic rings. The molecule has 0 atom stereocenters. The Morgan fingerprint density at radius 3 is 1.33 bits per heavy atom. The van der Waals surface area contributed by atoms with E-state index >= 15 is 0 Å². The monoisotopic (exact) mass is 731 g/mol. The van der Waals surface area contributed by atoms with Crippen molar-refractivity contribution in [3.05, 3.63) is 181 Å². The second-order valence-electron chi connectivity index (χ2n) is 11.0. The van der Waals surface area contributed by atoms with Crippen LogP contribution >= 0.6 is 7.26 Å². The van der Waals surface area contributed by atoms with Crippen LogP contribution in [0.3, 0.4) is 0 Å². The molecule has 0 saturated carbocycles. The Balaban J connectivity index is 0.00000468. The third kappa shape index (κ3) is 8.99. The molecule has 5 aromatic carbocycles. The van der Waals surface area contributed by atoms with Crippen molar-refractivity contribution in [1.82, 2.24) is 4.98 Å². The third-order valence-corrected chi connectivity index (χ3v) is 12.2. The van der Waals surface area contributed by atoms with Crippen molar-refractivity contribution < 1.29 is 36.0 Å². The molecule has 2 N–H and O–H groups in total. The molecular formula is C40H35BrN3O4P. The molecule has 6 aromatic rings. The normalized spacial score (nSPS) is 10.7. The summed E-state index contributed by atoms with van der Waals surface area (Å²) in [5.41, 5.74) is 2.73. The molecule has 1 aromatic heterocycles. The Morgan fingerprint density at radius 1 is 0.510 bits per heavy atom. The maximum Gasteiger partial charge on any atom is 0.413 e. The van der Waals surface area contributed by atoms with Crippen molar-refractivity contribution in [2.45, 2.75) is 19.4 Å². The SMILES string of the molecule is O=C(Nc1ccc(C[P+](c2ccccc2)(c2ccccc2)c2ccccc2)nc1NC(=O)OCc1ccccc1)OCc1ccccc1.[Br-]. The van der Waals surface area contributed by atoms with Crippen LogP contribution in [-0.4, -0.2) is 17.2 Å². The summed E-state index contributed by atoms with van der Waals surface area (Å²) >= 11 is 0. The maximum atomic E-state index is 13.1. The zero-order valence-corrected chi connectivity index (χ0v) is 29.1. The van der Waals surface area contributed by atoms with E-state index < -0.39 is 19.4 Å². The topological polar surface area (TPSA) is 89.6 Å². The van der Waals surface area contributed by atoms with Gasteiger partial charge in [0.05, 0.1) is 11.4 Å². The van der Waals surface area contributed by atoms with Gasteiger partial charge in [-0.3, -0.25) is 10.6 Å². The number of rotatable bonds is 11. The smallest absolute Gasteiger partial charge is 0.413 e. The van der Waals surface area contributed by atoms with E-state index in [-0.39, 0.29) is 41.7 Å². The zero-order valence-electron chi connectivity index (χ0n) is 26.6. The number of anilines is 2. The Bertz CT molecular complexity index is 1840. The molecule has 0 saturated heterocycles. The van der Waals surface area contributed by atoms with E-state index in [1.165, 1.54) is 15.9 Å². The standard InChI is InChI=1S/C40H34N3O4P.BrH/c44-39(46-28-31-16-6-1-7-17-31)42-37-27-26-33(41-38(37)43-40(45)47-29-32-18-8-2-9-19-32)30-48(34-20-10-3-11-21-34,35-22-12-4-13-23-35)36-24-14-5-15-25-36;/h1-27H,28-30H2,(H-,41,42,43,44,45);1H. The van der Waals surface area contributed by atoms with Crippen LogP contribution in [0.2, 0.25) is 0 Å². The number of nitrogens with one attached hydrogen (secondary N) is 2. The minimum Gasteiger partial charge on any atom is -1.00 e.